The van der Waals surface area contributed by atoms with Crippen LogP contribution in [0.4, 0.5) is 5.95 Å². The number of unbranched alkanes of at least 4 members (excludes halogenated alkanes) is 1. The van der Waals surface area contributed by atoms with Gasteiger partial charge in [0.15, 0.2) is 0 Å². The molecule has 0 aliphatic carbocycles. The Morgan fingerprint density at radius 3 is 2.48 bits per heavy atom. The minimum atomic E-state index is -0.108. The number of anilines is 1. The zero-order valence-electron chi connectivity index (χ0n) is 16.8. The van der Waals surface area contributed by atoms with E-state index < -0.39 is 0 Å². The molecule has 0 atom stereocenters. The van der Waals surface area contributed by atoms with E-state index in [0.717, 1.165) is 66.8 Å². The van der Waals surface area contributed by atoms with Crippen molar-refractivity contribution in [2.75, 3.05) is 44.2 Å². The lowest BCUT2D eigenvalue weighted by Crippen LogP contribution is -2.47. The summed E-state index contributed by atoms with van der Waals surface area (Å²) in [5.41, 5.74) is 0.734. The number of hydrogen-bond acceptors (Lipinski definition) is 7. The van der Waals surface area contributed by atoms with Crippen molar-refractivity contribution < 1.29 is 9.59 Å². The van der Waals surface area contributed by atoms with Crippen molar-refractivity contribution in [3.8, 4) is 0 Å². The Labute approximate surface area is 175 Å². The van der Waals surface area contributed by atoms with Crippen LogP contribution >= 0.6 is 11.3 Å². The number of amides is 2. The second kappa shape index (κ2) is 9.00. The van der Waals surface area contributed by atoms with Gasteiger partial charge in [-0.05, 0) is 44.9 Å². The van der Waals surface area contributed by atoms with E-state index in [2.05, 4.69) is 19.8 Å². The second-order valence-electron chi connectivity index (χ2n) is 7.63. The lowest BCUT2D eigenvalue weighted by molar-refractivity contribution is -0.128. The lowest BCUT2D eigenvalue weighted by Gasteiger charge is -2.34. The first-order valence-electron chi connectivity index (χ1n) is 10.3. The van der Waals surface area contributed by atoms with E-state index in [1.54, 1.807) is 23.7 Å². The van der Waals surface area contributed by atoms with Crippen molar-refractivity contribution in [2.45, 2.75) is 32.6 Å². The first-order chi connectivity index (χ1) is 14.1. The molecular formula is C21H27N5O2S. The summed E-state index contributed by atoms with van der Waals surface area (Å²) in [5, 5.41) is 0. The van der Waals surface area contributed by atoms with Gasteiger partial charge in [0.05, 0.1) is 5.56 Å². The van der Waals surface area contributed by atoms with Gasteiger partial charge in [0.25, 0.3) is 5.91 Å². The SMILES string of the molecule is Cc1cc2c(s1)CCC(=O)N(CCCCN1CCN(c3ncccn3)CC1)C2=O. The summed E-state index contributed by atoms with van der Waals surface area (Å²) in [4.78, 5) is 42.2. The van der Waals surface area contributed by atoms with E-state index in [9.17, 15) is 9.59 Å². The Bertz CT molecular complexity index is 861. The monoisotopic (exact) mass is 413 g/mol. The standard InChI is InChI=1S/C21H27N5O2S/c1-16-15-17-18(29-16)5-6-19(27)26(20(17)28)10-3-2-9-24-11-13-25(14-12-24)21-22-7-4-8-23-21/h4,7-8,15H,2-3,5-6,9-14H2,1H3. The third-order valence-corrected chi connectivity index (χ3v) is 6.70. The van der Waals surface area contributed by atoms with E-state index in [1.807, 2.05) is 19.1 Å². The van der Waals surface area contributed by atoms with Gasteiger partial charge in [-0.25, -0.2) is 9.97 Å². The summed E-state index contributed by atoms with van der Waals surface area (Å²) >= 11 is 1.64. The van der Waals surface area contributed by atoms with Crippen molar-refractivity contribution in [3.05, 3.63) is 39.8 Å². The lowest BCUT2D eigenvalue weighted by atomic mass is 10.2. The third-order valence-electron chi connectivity index (χ3n) is 5.59. The molecule has 29 heavy (non-hydrogen) atoms. The number of piperazine rings is 1. The highest BCUT2D eigenvalue weighted by molar-refractivity contribution is 7.12. The van der Waals surface area contributed by atoms with Gasteiger partial charge in [-0.15, -0.1) is 11.3 Å². The smallest absolute Gasteiger partial charge is 0.261 e. The fourth-order valence-corrected chi connectivity index (χ4v) is 5.03. The molecule has 154 valence electrons. The molecule has 2 aliphatic rings. The van der Waals surface area contributed by atoms with Gasteiger partial charge in [0.2, 0.25) is 11.9 Å². The number of carbonyl (C=O) groups excluding carboxylic acids is 2. The van der Waals surface area contributed by atoms with E-state index in [-0.39, 0.29) is 11.8 Å². The van der Waals surface area contributed by atoms with Crippen molar-refractivity contribution >= 4 is 29.1 Å². The van der Waals surface area contributed by atoms with Crippen LogP contribution in [0.1, 0.15) is 39.4 Å². The first kappa shape index (κ1) is 20.0. The van der Waals surface area contributed by atoms with Gasteiger partial charge < -0.3 is 4.90 Å². The zero-order chi connectivity index (χ0) is 20.2. The highest BCUT2D eigenvalue weighted by Crippen LogP contribution is 2.28. The van der Waals surface area contributed by atoms with Crippen LogP contribution in [0.2, 0.25) is 0 Å². The third kappa shape index (κ3) is 4.64. The Morgan fingerprint density at radius 2 is 1.72 bits per heavy atom. The highest BCUT2D eigenvalue weighted by Gasteiger charge is 2.29. The minimum absolute atomic E-state index is 0.0347. The van der Waals surface area contributed by atoms with Gasteiger partial charge in [-0.2, -0.15) is 0 Å². The maximum atomic E-state index is 12.8. The Kier molecular flexibility index (Phi) is 6.20. The van der Waals surface area contributed by atoms with Crippen molar-refractivity contribution in [2.24, 2.45) is 0 Å². The van der Waals surface area contributed by atoms with E-state index in [0.29, 0.717) is 19.4 Å². The topological polar surface area (TPSA) is 69.6 Å². The Balaban J connectivity index is 1.22. The summed E-state index contributed by atoms with van der Waals surface area (Å²) in [6.07, 6.45) is 6.50. The summed E-state index contributed by atoms with van der Waals surface area (Å²) in [7, 11) is 0. The first-order valence-corrected chi connectivity index (χ1v) is 11.1. The number of thiophene rings is 1. The van der Waals surface area contributed by atoms with Gasteiger partial charge in [0, 0.05) is 61.3 Å². The van der Waals surface area contributed by atoms with Crippen LogP contribution in [-0.4, -0.2) is 70.9 Å². The van der Waals surface area contributed by atoms with Crippen LogP contribution in [-0.2, 0) is 11.2 Å². The predicted molar refractivity (Wildman–Crippen MR) is 113 cm³/mol. The maximum absolute atomic E-state index is 12.8. The Morgan fingerprint density at radius 1 is 1.00 bits per heavy atom. The van der Waals surface area contributed by atoms with E-state index in [1.165, 1.54) is 4.90 Å². The number of imide groups is 1. The van der Waals surface area contributed by atoms with Crippen LogP contribution in [0.15, 0.2) is 24.5 Å². The number of aromatic nitrogens is 2. The molecule has 0 bridgehead atoms. The van der Waals surface area contributed by atoms with Crippen LogP contribution in [0.5, 0.6) is 0 Å². The van der Waals surface area contributed by atoms with Gasteiger partial charge in [-0.3, -0.25) is 19.4 Å². The average molecular weight is 414 g/mol. The summed E-state index contributed by atoms with van der Waals surface area (Å²) in [5.74, 6) is 0.657. The summed E-state index contributed by atoms with van der Waals surface area (Å²) in [6, 6.07) is 3.77. The molecule has 8 heteroatoms. The number of aryl methyl sites for hydroxylation is 2. The molecule has 2 amide bonds. The molecule has 0 spiro atoms. The molecule has 4 heterocycles. The van der Waals surface area contributed by atoms with Crippen LogP contribution < -0.4 is 4.90 Å². The molecule has 1 saturated heterocycles. The predicted octanol–water partition coefficient (Wildman–Crippen LogP) is 2.36. The molecule has 0 unspecified atom stereocenters. The second-order valence-corrected chi connectivity index (χ2v) is 8.97. The normalized spacial score (nSPS) is 18.1. The number of carbonyl (C=O) groups is 2. The van der Waals surface area contributed by atoms with Crippen molar-refractivity contribution in [3.63, 3.8) is 0 Å². The molecule has 4 rings (SSSR count). The Hall–Kier alpha value is -2.32. The molecule has 2 aromatic rings. The largest absolute Gasteiger partial charge is 0.338 e. The molecular weight excluding hydrogens is 386 g/mol. The maximum Gasteiger partial charge on any atom is 0.261 e. The number of nitrogens with zero attached hydrogens (tertiary/aromatic N) is 5. The highest BCUT2D eigenvalue weighted by atomic mass is 32.1. The van der Waals surface area contributed by atoms with Gasteiger partial charge in [0.1, 0.15) is 0 Å². The molecule has 1 fully saturated rings. The minimum Gasteiger partial charge on any atom is -0.338 e. The molecule has 7 nitrogen and oxygen atoms in total. The number of rotatable bonds is 6. The van der Waals surface area contributed by atoms with Crippen LogP contribution in [0, 0.1) is 6.92 Å². The molecule has 2 aliphatic heterocycles. The van der Waals surface area contributed by atoms with E-state index in [4.69, 9.17) is 0 Å². The van der Waals surface area contributed by atoms with Gasteiger partial charge >= 0.3 is 0 Å². The molecule has 0 N–H and O–H groups in total. The molecule has 0 radical (unpaired) electrons. The number of hydrogen-bond donors (Lipinski definition) is 0. The van der Waals surface area contributed by atoms with Crippen LogP contribution in [0.3, 0.4) is 0 Å². The molecule has 0 saturated carbocycles. The summed E-state index contributed by atoms with van der Waals surface area (Å²) < 4.78 is 0. The number of fused-ring (bicyclic) bond motifs is 1. The summed E-state index contributed by atoms with van der Waals surface area (Å²) in [6.45, 7) is 7.34. The molecule has 0 aromatic carbocycles. The van der Waals surface area contributed by atoms with E-state index >= 15 is 0 Å². The quantitative estimate of drug-likeness (QED) is 0.535. The van der Waals surface area contributed by atoms with Crippen molar-refractivity contribution in [1.82, 2.24) is 19.8 Å². The van der Waals surface area contributed by atoms with Crippen molar-refractivity contribution in [1.29, 1.82) is 0 Å². The van der Waals surface area contributed by atoms with Crippen LogP contribution in [0.25, 0.3) is 0 Å². The fourth-order valence-electron chi connectivity index (χ4n) is 4.00. The van der Waals surface area contributed by atoms with Gasteiger partial charge in [-0.1, -0.05) is 0 Å². The average Bonchev–Trinajstić information content (AvgIpc) is 3.09. The zero-order valence-corrected chi connectivity index (χ0v) is 17.7. The molecule has 2 aromatic heterocycles. The fraction of sp³-hybridized carbons (Fsp3) is 0.524.